The maximum Gasteiger partial charge on any atom is 0.338 e. The van der Waals surface area contributed by atoms with Gasteiger partial charge in [0.15, 0.2) is 0 Å². The van der Waals surface area contributed by atoms with Crippen molar-refractivity contribution in [3.05, 3.63) is 95.1 Å². The second-order valence-corrected chi connectivity index (χ2v) is 8.97. The van der Waals surface area contributed by atoms with E-state index in [1.165, 1.54) is 36.4 Å². The number of hydrogen-bond donors (Lipinski definition) is 1. The summed E-state index contributed by atoms with van der Waals surface area (Å²) in [4.78, 5) is 37.9. The Balaban J connectivity index is 1.45. The van der Waals surface area contributed by atoms with Crippen LogP contribution in [0.2, 0.25) is 0 Å². The first kappa shape index (κ1) is 22.2. The summed E-state index contributed by atoms with van der Waals surface area (Å²) >= 11 is 0. The molecule has 2 amide bonds. The summed E-state index contributed by atoms with van der Waals surface area (Å²) < 4.78 is 32.8. The predicted octanol–water partition coefficient (Wildman–Crippen LogP) is 3.46. The smallest absolute Gasteiger partial charge is 0.338 e. The van der Waals surface area contributed by atoms with Crippen LogP contribution in [0.4, 0.5) is 5.69 Å². The number of nitrogens with zero attached hydrogens (tertiary/aromatic N) is 1. The average molecular weight is 464 g/mol. The van der Waals surface area contributed by atoms with Gasteiger partial charge in [-0.25, -0.2) is 13.2 Å². The molecule has 0 bridgehead atoms. The van der Waals surface area contributed by atoms with Gasteiger partial charge in [-0.2, -0.15) is 0 Å². The highest BCUT2D eigenvalue weighted by Gasteiger charge is 2.34. The summed E-state index contributed by atoms with van der Waals surface area (Å²) in [5.74, 6) is -1.24. The van der Waals surface area contributed by atoms with Crippen LogP contribution < -0.4 is 4.72 Å². The lowest BCUT2D eigenvalue weighted by Gasteiger charge is -2.14. The Morgan fingerprint density at radius 1 is 0.879 bits per heavy atom. The largest absolute Gasteiger partial charge is 0.462 e. The molecular weight excluding hydrogens is 444 g/mol. The highest BCUT2D eigenvalue weighted by molar-refractivity contribution is 7.92. The number of hydrogen-bond acceptors (Lipinski definition) is 6. The molecule has 0 fully saturated rings. The number of sulfonamides is 1. The van der Waals surface area contributed by atoms with Gasteiger partial charge in [-0.05, 0) is 61.0 Å². The fourth-order valence-electron chi connectivity index (χ4n) is 3.44. The third-order valence-corrected chi connectivity index (χ3v) is 6.50. The van der Waals surface area contributed by atoms with E-state index in [2.05, 4.69) is 4.72 Å². The molecule has 9 heteroatoms. The molecule has 0 saturated carbocycles. The number of imide groups is 1. The molecule has 1 aliphatic heterocycles. The van der Waals surface area contributed by atoms with Crippen LogP contribution in [-0.2, 0) is 21.3 Å². The van der Waals surface area contributed by atoms with E-state index in [0.717, 1.165) is 4.90 Å². The van der Waals surface area contributed by atoms with Gasteiger partial charge in [-0.1, -0.05) is 24.3 Å². The third-order valence-electron chi connectivity index (χ3n) is 5.10. The molecule has 0 saturated heterocycles. The number of ether oxygens (including phenoxy) is 1. The van der Waals surface area contributed by atoms with Crippen LogP contribution in [0.1, 0.15) is 43.6 Å². The van der Waals surface area contributed by atoms with Gasteiger partial charge in [-0.3, -0.25) is 19.2 Å². The van der Waals surface area contributed by atoms with Gasteiger partial charge in [0.2, 0.25) is 0 Å². The second kappa shape index (κ2) is 8.87. The molecule has 0 aliphatic carbocycles. The summed E-state index contributed by atoms with van der Waals surface area (Å²) in [6, 6.07) is 18.4. The van der Waals surface area contributed by atoms with Crippen LogP contribution in [0.15, 0.2) is 77.7 Å². The average Bonchev–Trinajstić information content (AvgIpc) is 3.05. The van der Waals surface area contributed by atoms with Gasteiger partial charge in [-0.15, -0.1) is 0 Å². The Hall–Kier alpha value is -3.98. The van der Waals surface area contributed by atoms with Gasteiger partial charge >= 0.3 is 5.97 Å². The Bertz CT molecular complexity index is 1300. The number of carbonyl (C=O) groups is 3. The van der Waals surface area contributed by atoms with Crippen LogP contribution in [0.25, 0.3) is 0 Å². The lowest BCUT2D eigenvalue weighted by atomic mass is 10.1. The minimum Gasteiger partial charge on any atom is -0.462 e. The van der Waals surface area contributed by atoms with E-state index in [0.29, 0.717) is 22.3 Å². The zero-order chi connectivity index (χ0) is 23.6. The fraction of sp³-hybridized carbons (Fsp3) is 0.125. The summed E-state index contributed by atoms with van der Waals surface area (Å²) in [7, 11) is -3.88. The van der Waals surface area contributed by atoms with Gasteiger partial charge in [0, 0.05) is 5.69 Å². The molecular formula is C24H20N2O6S. The molecule has 3 aromatic rings. The second-order valence-electron chi connectivity index (χ2n) is 7.29. The Morgan fingerprint density at radius 3 is 2.00 bits per heavy atom. The van der Waals surface area contributed by atoms with Crippen molar-refractivity contribution in [2.45, 2.75) is 18.4 Å². The zero-order valence-corrected chi connectivity index (χ0v) is 18.5. The summed E-state index contributed by atoms with van der Waals surface area (Å²) in [5.41, 5.74) is 1.94. The zero-order valence-electron chi connectivity index (χ0n) is 17.6. The summed E-state index contributed by atoms with van der Waals surface area (Å²) in [6.07, 6.45) is 0. The number of rotatable bonds is 7. The lowest BCUT2D eigenvalue weighted by molar-refractivity contribution is 0.0525. The number of esters is 1. The van der Waals surface area contributed by atoms with Gasteiger partial charge in [0.1, 0.15) is 0 Å². The minimum absolute atomic E-state index is 0.0167. The van der Waals surface area contributed by atoms with Gasteiger partial charge < -0.3 is 4.74 Å². The molecule has 3 aromatic carbocycles. The SMILES string of the molecule is CCOC(=O)c1ccc(NS(=O)(=O)c2ccc(CN3C(=O)c4ccccc4C3=O)cc2)cc1. The number of carbonyl (C=O) groups excluding carboxylic acids is 3. The van der Waals surface area contributed by atoms with E-state index < -0.39 is 16.0 Å². The number of amides is 2. The van der Waals surface area contributed by atoms with E-state index in [4.69, 9.17) is 4.74 Å². The van der Waals surface area contributed by atoms with Crippen molar-refractivity contribution in [1.82, 2.24) is 4.90 Å². The normalized spacial score (nSPS) is 13.1. The molecule has 33 heavy (non-hydrogen) atoms. The van der Waals surface area contributed by atoms with Crippen LogP contribution in [-0.4, -0.2) is 37.7 Å². The summed E-state index contributed by atoms with van der Waals surface area (Å²) in [5, 5.41) is 0. The lowest BCUT2D eigenvalue weighted by Crippen LogP contribution is -2.29. The van der Waals surface area contributed by atoms with Crippen LogP contribution >= 0.6 is 0 Å². The number of anilines is 1. The molecule has 8 nitrogen and oxygen atoms in total. The van der Waals surface area contributed by atoms with Crippen molar-refractivity contribution in [3.8, 4) is 0 Å². The molecule has 1 N–H and O–H groups in total. The molecule has 1 aliphatic rings. The van der Waals surface area contributed by atoms with Gasteiger partial charge in [0.05, 0.1) is 34.7 Å². The first-order chi connectivity index (χ1) is 15.8. The van der Waals surface area contributed by atoms with Crippen molar-refractivity contribution in [2.75, 3.05) is 11.3 Å². The maximum atomic E-state index is 12.7. The van der Waals surface area contributed by atoms with Crippen molar-refractivity contribution < 1.29 is 27.5 Å². The summed E-state index contributed by atoms with van der Waals surface area (Å²) in [6.45, 7) is 1.98. The molecule has 0 spiro atoms. The molecule has 4 rings (SSSR count). The number of benzene rings is 3. The predicted molar refractivity (Wildman–Crippen MR) is 120 cm³/mol. The molecule has 0 unspecified atom stereocenters. The van der Waals surface area contributed by atoms with Crippen molar-refractivity contribution in [3.63, 3.8) is 0 Å². The molecule has 0 aromatic heterocycles. The minimum atomic E-state index is -3.88. The van der Waals surface area contributed by atoms with Crippen LogP contribution in [0.3, 0.4) is 0 Å². The molecule has 168 valence electrons. The Kier molecular flexibility index (Phi) is 5.97. The molecule has 1 heterocycles. The van der Waals surface area contributed by atoms with E-state index in [1.807, 2.05) is 0 Å². The Labute approximate surface area is 190 Å². The first-order valence-electron chi connectivity index (χ1n) is 10.1. The van der Waals surface area contributed by atoms with Crippen LogP contribution in [0.5, 0.6) is 0 Å². The maximum absolute atomic E-state index is 12.7. The monoisotopic (exact) mass is 464 g/mol. The number of fused-ring (bicyclic) bond motifs is 1. The van der Waals surface area contributed by atoms with E-state index in [-0.39, 0.29) is 35.5 Å². The topological polar surface area (TPSA) is 110 Å². The van der Waals surface area contributed by atoms with E-state index >= 15 is 0 Å². The van der Waals surface area contributed by atoms with Crippen molar-refractivity contribution in [1.29, 1.82) is 0 Å². The van der Waals surface area contributed by atoms with Crippen LogP contribution in [0, 0.1) is 0 Å². The highest BCUT2D eigenvalue weighted by Crippen LogP contribution is 2.25. The third kappa shape index (κ3) is 4.49. The van der Waals surface area contributed by atoms with Gasteiger partial charge in [0.25, 0.3) is 21.8 Å². The van der Waals surface area contributed by atoms with E-state index in [9.17, 15) is 22.8 Å². The standard InChI is InChI=1S/C24H20N2O6S/c1-2-32-24(29)17-9-11-18(12-10-17)25-33(30,31)19-13-7-16(8-14-19)15-26-22(27)20-5-3-4-6-21(20)23(26)28/h3-14,25H,2,15H2,1H3. The quantitative estimate of drug-likeness (QED) is 0.424. The Morgan fingerprint density at radius 2 is 1.45 bits per heavy atom. The first-order valence-corrected chi connectivity index (χ1v) is 11.6. The number of nitrogens with one attached hydrogen (secondary N) is 1. The van der Waals surface area contributed by atoms with E-state index in [1.54, 1.807) is 43.3 Å². The highest BCUT2D eigenvalue weighted by atomic mass is 32.2. The fourth-order valence-corrected chi connectivity index (χ4v) is 4.50. The van der Waals surface area contributed by atoms with Crippen molar-refractivity contribution >= 4 is 33.5 Å². The van der Waals surface area contributed by atoms with Crippen molar-refractivity contribution in [2.24, 2.45) is 0 Å². The molecule has 0 radical (unpaired) electrons. The molecule has 0 atom stereocenters.